The van der Waals surface area contributed by atoms with Gasteiger partial charge in [0.1, 0.15) is 0 Å². The molecule has 0 aliphatic carbocycles. The molecule has 0 aromatic carbocycles. The lowest BCUT2D eigenvalue weighted by Gasteiger charge is -2.14. The van der Waals surface area contributed by atoms with E-state index in [0.29, 0.717) is 5.02 Å². The molecule has 0 atom stereocenters. The highest BCUT2D eigenvalue weighted by atomic mass is 35.5. The van der Waals surface area contributed by atoms with E-state index < -0.39 is 4.87 Å². The van der Waals surface area contributed by atoms with Gasteiger partial charge in [-0.15, -0.1) is 11.6 Å². The summed E-state index contributed by atoms with van der Waals surface area (Å²) in [5, 5.41) is 0.670. The molecule has 0 aliphatic heterocycles. The lowest BCUT2D eigenvalue weighted by molar-refractivity contribution is 0.732. The average Bonchev–Trinajstić information content (AvgIpc) is 1.86. The highest BCUT2D eigenvalue weighted by Crippen LogP contribution is 2.26. The first kappa shape index (κ1) is 8.82. The Kier molecular flexibility index (Phi) is 2.40. The van der Waals surface area contributed by atoms with Crippen LogP contribution in [0.4, 0.5) is 0 Å². The number of rotatable bonds is 1. The Hall–Kier alpha value is -0.270. The molecule has 0 N–H and O–H groups in total. The van der Waals surface area contributed by atoms with Crippen molar-refractivity contribution in [2.45, 2.75) is 18.7 Å². The summed E-state index contributed by atoms with van der Waals surface area (Å²) in [4.78, 5) is 3.65. The molecule has 1 nitrogen and oxygen atoms in total. The van der Waals surface area contributed by atoms with Gasteiger partial charge in [-0.3, -0.25) is 4.98 Å². The van der Waals surface area contributed by atoms with Gasteiger partial charge < -0.3 is 0 Å². The van der Waals surface area contributed by atoms with Crippen molar-refractivity contribution in [3.05, 3.63) is 29.0 Å². The zero-order valence-electron chi connectivity index (χ0n) is 6.44. The number of nitrogens with zero attached hydrogens (tertiary/aromatic N) is 1. The van der Waals surface area contributed by atoms with Crippen LogP contribution in [0.3, 0.4) is 0 Å². The van der Waals surface area contributed by atoms with E-state index in [2.05, 4.69) is 4.98 Å². The normalized spacial score (nSPS) is 11.6. The van der Waals surface area contributed by atoms with Gasteiger partial charge in [0, 0.05) is 11.2 Å². The van der Waals surface area contributed by atoms with E-state index >= 15 is 0 Å². The van der Waals surface area contributed by atoms with Gasteiger partial charge in [-0.25, -0.2) is 0 Å². The predicted octanol–water partition coefficient (Wildman–Crippen LogP) is 3.21. The molecule has 0 amide bonds. The van der Waals surface area contributed by atoms with Crippen LogP contribution in [0.2, 0.25) is 5.02 Å². The molecule has 1 rings (SSSR count). The van der Waals surface area contributed by atoms with Crippen LogP contribution in [0.25, 0.3) is 0 Å². The van der Waals surface area contributed by atoms with Gasteiger partial charge in [-0.2, -0.15) is 0 Å². The van der Waals surface area contributed by atoms with Gasteiger partial charge in [0.2, 0.25) is 0 Å². The number of alkyl halides is 1. The molecule has 11 heavy (non-hydrogen) atoms. The van der Waals surface area contributed by atoms with Crippen molar-refractivity contribution in [3.8, 4) is 0 Å². The number of halogens is 2. The average molecular weight is 190 g/mol. The maximum Gasteiger partial charge on any atom is 0.0810 e. The summed E-state index contributed by atoms with van der Waals surface area (Å²) in [6, 6.07) is 3.50. The zero-order valence-corrected chi connectivity index (χ0v) is 7.95. The third kappa shape index (κ3) is 2.35. The molecule has 0 radical (unpaired) electrons. The van der Waals surface area contributed by atoms with Crippen molar-refractivity contribution in [3.63, 3.8) is 0 Å². The number of aromatic nitrogens is 1. The molecule has 0 spiro atoms. The molecule has 0 saturated heterocycles. The third-order valence-electron chi connectivity index (χ3n) is 1.33. The Morgan fingerprint density at radius 1 is 1.45 bits per heavy atom. The SMILES string of the molecule is CC(C)(Cl)c1cc(Cl)ccn1. The Bertz CT molecular complexity index is 253. The molecule has 0 bridgehead atoms. The van der Waals surface area contributed by atoms with E-state index in [1.807, 2.05) is 13.8 Å². The van der Waals surface area contributed by atoms with Crippen molar-refractivity contribution < 1.29 is 0 Å². The van der Waals surface area contributed by atoms with Crippen LogP contribution in [0, 0.1) is 0 Å². The van der Waals surface area contributed by atoms with Crippen molar-refractivity contribution in [2.24, 2.45) is 0 Å². The van der Waals surface area contributed by atoms with Crippen molar-refractivity contribution in [1.82, 2.24) is 4.98 Å². The topological polar surface area (TPSA) is 12.9 Å². The summed E-state index contributed by atoms with van der Waals surface area (Å²) >= 11 is 11.8. The molecule has 0 unspecified atom stereocenters. The molecule has 1 heterocycles. The number of pyridine rings is 1. The smallest absolute Gasteiger partial charge is 0.0810 e. The van der Waals surface area contributed by atoms with Crippen LogP contribution in [0.1, 0.15) is 19.5 Å². The second-order valence-electron chi connectivity index (χ2n) is 2.83. The van der Waals surface area contributed by atoms with Crippen LogP contribution >= 0.6 is 23.2 Å². The largest absolute Gasteiger partial charge is 0.259 e. The first-order valence-corrected chi connectivity index (χ1v) is 4.07. The third-order valence-corrected chi connectivity index (χ3v) is 1.76. The molecular formula is C8H9Cl2N. The summed E-state index contributed by atoms with van der Waals surface area (Å²) in [5.74, 6) is 0. The van der Waals surface area contributed by atoms with Crippen LogP contribution in [0.15, 0.2) is 18.3 Å². The minimum Gasteiger partial charge on any atom is -0.259 e. The Morgan fingerprint density at radius 3 is 2.45 bits per heavy atom. The molecule has 0 fully saturated rings. The van der Waals surface area contributed by atoms with E-state index in [1.165, 1.54) is 0 Å². The van der Waals surface area contributed by atoms with Gasteiger partial charge in [-0.05, 0) is 26.0 Å². The summed E-state index contributed by atoms with van der Waals surface area (Å²) in [5.41, 5.74) is 0.798. The monoisotopic (exact) mass is 189 g/mol. The van der Waals surface area contributed by atoms with Crippen molar-refractivity contribution in [2.75, 3.05) is 0 Å². The van der Waals surface area contributed by atoms with E-state index in [1.54, 1.807) is 18.3 Å². The standard InChI is InChI=1S/C8H9Cl2N/c1-8(2,10)7-5-6(9)3-4-11-7/h3-5H,1-2H3. The first-order valence-electron chi connectivity index (χ1n) is 3.31. The fourth-order valence-corrected chi connectivity index (χ4v) is 0.993. The van der Waals surface area contributed by atoms with Crippen LogP contribution in [0.5, 0.6) is 0 Å². The molecule has 0 aliphatic rings. The maximum absolute atomic E-state index is 6.01. The molecule has 60 valence electrons. The summed E-state index contributed by atoms with van der Waals surface area (Å²) < 4.78 is 0. The highest BCUT2D eigenvalue weighted by molar-refractivity contribution is 6.30. The number of hydrogen-bond donors (Lipinski definition) is 0. The van der Waals surface area contributed by atoms with Crippen molar-refractivity contribution in [1.29, 1.82) is 0 Å². The van der Waals surface area contributed by atoms with Crippen LogP contribution in [-0.2, 0) is 4.87 Å². The van der Waals surface area contributed by atoms with E-state index in [4.69, 9.17) is 23.2 Å². The summed E-state index contributed by atoms with van der Waals surface area (Å²) in [6.07, 6.45) is 1.65. The lowest BCUT2D eigenvalue weighted by atomic mass is 10.1. The second-order valence-corrected chi connectivity index (χ2v) is 4.21. The van der Waals surface area contributed by atoms with Gasteiger partial charge in [0.25, 0.3) is 0 Å². The molecule has 1 aromatic rings. The lowest BCUT2D eigenvalue weighted by Crippen LogP contribution is -2.09. The van der Waals surface area contributed by atoms with Crippen LogP contribution < -0.4 is 0 Å². The van der Waals surface area contributed by atoms with Gasteiger partial charge in [0.05, 0.1) is 10.6 Å². The fourth-order valence-electron chi connectivity index (χ4n) is 0.730. The Balaban J connectivity index is 3.06. The van der Waals surface area contributed by atoms with Crippen molar-refractivity contribution >= 4 is 23.2 Å². The molecule has 0 saturated carbocycles. The van der Waals surface area contributed by atoms with Gasteiger partial charge in [-0.1, -0.05) is 11.6 Å². The number of hydrogen-bond acceptors (Lipinski definition) is 1. The zero-order chi connectivity index (χ0) is 8.48. The fraction of sp³-hybridized carbons (Fsp3) is 0.375. The van der Waals surface area contributed by atoms with Gasteiger partial charge in [0.15, 0.2) is 0 Å². The second kappa shape index (κ2) is 3.00. The van der Waals surface area contributed by atoms with E-state index in [9.17, 15) is 0 Å². The highest BCUT2D eigenvalue weighted by Gasteiger charge is 2.17. The first-order chi connectivity index (χ1) is 5.00. The molecule has 3 heteroatoms. The Morgan fingerprint density at radius 2 is 2.09 bits per heavy atom. The summed E-state index contributed by atoms with van der Waals surface area (Å²) in [6.45, 7) is 3.76. The predicted molar refractivity (Wildman–Crippen MR) is 48.1 cm³/mol. The van der Waals surface area contributed by atoms with E-state index in [-0.39, 0.29) is 0 Å². The van der Waals surface area contributed by atoms with Crippen LogP contribution in [-0.4, -0.2) is 4.98 Å². The maximum atomic E-state index is 6.01. The van der Waals surface area contributed by atoms with E-state index in [0.717, 1.165) is 5.69 Å². The minimum atomic E-state index is -0.440. The molecular weight excluding hydrogens is 181 g/mol. The Labute approximate surface area is 76.4 Å². The minimum absolute atomic E-state index is 0.440. The summed E-state index contributed by atoms with van der Waals surface area (Å²) in [7, 11) is 0. The van der Waals surface area contributed by atoms with Gasteiger partial charge >= 0.3 is 0 Å². The molecule has 1 aromatic heterocycles. The quantitative estimate of drug-likeness (QED) is 0.619.